The van der Waals surface area contributed by atoms with E-state index in [1.54, 1.807) is 19.2 Å². The van der Waals surface area contributed by atoms with E-state index < -0.39 is 16.8 Å². The predicted molar refractivity (Wildman–Crippen MR) is 73.5 cm³/mol. The molecule has 0 bridgehead atoms. The summed E-state index contributed by atoms with van der Waals surface area (Å²) in [5.41, 5.74) is 0.125. The highest BCUT2D eigenvalue weighted by molar-refractivity contribution is 9.10. The van der Waals surface area contributed by atoms with Crippen molar-refractivity contribution in [2.45, 2.75) is 23.5 Å². The molecule has 0 fully saturated rings. The number of carboxylic acid groups (broad SMARTS) is 1. The number of halogens is 1. The van der Waals surface area contributed by atoms with Crippen LogP contribution < -0.4 is 0 Å². The van der Waals surface area contributed by atoms with Crippen LogP contribution in [-0.2, 0) is 15.5 Å². The molecule has 4 nitrogen and oxygen atoms in total. The summed E-state index contributed by atoms with van der Waals surface area (Å²) in [5, 5.41) is 8.93. The zero-order valence-electron chi connectivity index (χ0n) is 10.2. The van der Waals surface area contributed by atoms with Crippen LogP contribution in [0.25, 0.3) is 0 Å². The Morgan fingerprint density at radius 3 is 2.78 bits per heavy atom. The normalized spacial score (nSPS) is 14.2. The molecule has 0 aliphatic carbocycles. The van der Waals surface area contributed by atoms with Crippen LogP contribution in [-0.4, -0.2) is 34.3 Å². The average molecular weight is 335 g/mol. The molecular weight excluding hydrogens is 320 g/mol. The maximum absolute atomic E-state index is 12.2. The van der Waals surface area contributed by atoms with Gasteiger partial charge in [-0.3, -0.25) is 4.21 Å². The van der Waals surface area contributed by atoms with E-state index in [0.717, 1.165) is 0 Å². The lowest BCUT2D eigenvalue weighted by Gasteiger charge is -2.11. The van der Waals surface area contributed by atoms with E-state index in [2.05, 4.69) is 15.9 Å². The average Bonchev–Trinajstić information content (AvgIpc) is 2.35. The zero-order chi connectivity index (χ0) is 13.7. The van der Waals surface area contributed by atoms with Crippen molar-refractivity contribution in [3.05, 3.63) is 28.2 Å². The highest BCUT2D eigenvalue weighted by atomic mass is 79.9. The summed E-state index contributed by atoms with van der Waals surface area (Å²) in [6, 6.07) is 4.74. The van der Waals surface area contributed by atoms with E-state index in [9.17, 15) is 9.00 Å². The predicted octanol–water partition coefficient (Wildman–Crippen LogP) is 2.68. The summed E-state index contributed by atoms with van der Waals surface area (Å²) in [4.78, 5) is 11.5. The highest BCUT2D eigenvalue weighted by Crippen LogP contribution is 2.22. The third-order valence-electron chi connectivity index (χ3n) is 2.49. The van der Waals surface area contributed by atoms with Crippen LogP contribution in [0.15, 0.2) is 27.6 Å². The van der Waals surface area contributed by atoms with Gasteiger partial charge in [-0.2, -0.15) is 0 Å². The number of benzene rings is 1. The van der Waals surface area contributed by atoms with Gasteiger partial charge in [0.25, 0.3) is 0 Å². The van der Waals surface area contributed by atoms with E-state index in [4.69, 9.17) is 9.84 Å². The molecule has 0 amide bonds. The first-order valence-electron chi connectivity index (χ1n) is 5.39. The number of rotatable bonds is 6. The van der Waals surface area contributed by atoms with Gasteiger partial charge in [-0.1, -0.05) is 6.92 Å². The Bertz CT molecular complexity index is 461. The molecule has 0 aromatic heterocycles. The van der Waals surface area contributed by atoms with Gasteiger partial charge in [0, 0.05) is 28.3 Å². The molecule has 0 saturated carbocycles. The Balaban J connectivity index is 2.93. The van der Waals surface area contributed by atoms with Crippen molar-refractivity contribution in [2.24, 2.45) is 0 Å². The first-order valence-corrected chi connectivity index (χ1v) is 7.40. The summed E-state index contributed by atoms with van der Waals surface area (Å²) in [7, 11) is 0.366. The minimum atomic E-state index is -1.23. The van der Waals surface area contributed by atoms with Crippen LogP contribution in [0.5, 0.6) is 0 Å². The van der Waals surface area contributed by atoms with Crippen LogP contribution in [0.1, 0.15) is 23.7 Å². The van der Waals surface area contributed by atoms with Gasteiger partial charge in [0.15, 0.2) is 0 Å². The van der Waals surface area contributed by atoms with Crippen LogP contribution in [0.4, 0.5) is 0 Å². The standard InChI is InChI=1S/C12H15BrO4S/c1-8(5-6-17-2)18(16)9-3-4-11(13)10(7-9)12(14)15/h3-4,7-8H,5-6H2,1-2H3,(H,14,15). The Morgan fingerprint density at radius 1 is 1.56 bits per heavy atom. The van der Waals surface area contributed by atoms with Crippen molar-refractivity contribution < 1.29 is 18.8 Å². The minimum Gasteiger partial charge on any atom is -0.478 e. The van der Waals surface area contributed by atoms with Crippen LogP contribution in [0.3, 0.4) is 0 Å². The molecule has 6 heteroatoms. The van der Waals surface area contributed by atoms with Gasteiger partial charge >= 0.3 is 5.97 Å². The van der Waals surface area contributed by atoms with Gasteiger partial charge < -0.3 is 9.84 Å². The minimum absolute atomic E-state index is 0.0761. The van der Waals surface area contributed by atoms with Gasteiger partial charge in [-0.05, 0) is 40.5 Å². The molecule has 0 spiro atoms. The number of carbonyl (C=O) groups is 1. The van der Waals surface area contributed by atoms with E-state index in [-0.39, 0.29) is 10.8 Å². The molecule has 1 aromatic rings. The summed E-state index contributed by atoms with van der Waals surface area (Å²) in [6.07, 6.45) is 0.668. The fourth-order valence-corrected chi connectivity index (χ4v) is 3.04. The van der Waals surface area contributed by atoms with E-state index in [1.807, 2.05) is 6.92 Å². The molecule has 0 aliphatic rings. The van der Waals surface area contributed by atoms with Crippen LogP contribution in [0, 0.1) is 0 Å². The van der Waals surface area contributed by atoms with Crippen molar-refractivity contribution in [1.82, 2.24) is 0 Å². The fourth-order valence-electron chi connectivity index (χ4n) is 1.42. The van der Waals surface area contributed by atoms with Crippen molar-refractivity contribution >= 4 is 32.7 Å². The number of carboxylic acids is 1. The SMILES string of the molecule is COCCC(C)S(=O)c1ccc(Br)c(C(=O)O)c1. The second kappa shape index (κ2) is 7.01. The molecule has 1 N–H and O–H groups in total. The smallest absolute Gasteiger partial charge is 0.336 e. The van der Waals surface area contributed by atoms with Crippen molar-refractivity contribution in [2.75, 3.05) is 13.7 Å². The maximum atomic E-state index is 12.2. The van der Waals surface area contributed by atoms with Gasteiger partial charge in [-0.15, -0.1) is 0 Å². The van der Waals surface area contributed by atoms with Gasteiger partial charge in [0.05, 0.1) is 16.4 Å². The van der Waals surface area contributed by atoms with Crippen molar-refractivity contribution in [3.8, 4) is 0 Å². The first kappa shape index (κ1) is 15.3. The molecule has 2 atom stereocenters. The molecule has 1 rings (SSSR count). The Kier molecular flexibility index (Phi) is 5.98. The molecule has 0 aliphatic heterocycles. The second-order valence-electron chi connectivity index (χ2n) is 3.84. The number of hydrogen-bond donors (Lipinski definition) is 1. The van der Waals surface area contributed by atoms with E-state index >= 15 is 0 Å². The number of methoxy groups -OCH3 is 1. The van der Waals surface area contributed by atoms with Gasteiger partial charge in [0.2, 0.25) is 0 Å². The van der Waals surface area contributed by atoms with E-state index in [1.165, 1.54) is 6.07 Å². The van der Waals surface area contributed by atoms with Crippen LogP contribution in [0.2, 0.25) is 0 Å². The van der Waals surface area contributed by atoms with Crippen molar-refractivity contribution in [3.63, 3.8) is 0 Å². The zero-order valence-corrected chi connectivity index (χ0v) is 12.6. The quantitative estimate of drug-likeness (QED) is 0.868. The number of ether oxygens (including phenoxy) is 1. The molecule has 0 saturated heterocycles. The summed E-state index contributed by atoms with van der Waals surface area (Å²) < 4.78 is 17.6. The topological polar surface area (TPSA) is 63.6 Å². The number of aromatic carboxylic acids is 1. The van der Waals surface area contributed by atoms with E-state index in [0.29, 0.717) is 22.4 Å². The Hall–Kier alpha value is -0.720. The summed E-state index contributed by atoms with van der Waals surface area (Å²) >= 11 is 3.16. The maximum Gasteiger partial charge on any atom is 0.336 e. The first-order chi connectivity index (χ1) is 8.47. The fraction of sp³-hybridized carbons (Fsp3) is 0.417. The monoisotopic (exact) mass is 334 g/mol. The summed E-state index contributed by atoms with van der Waals surface area (Å²) in [6.45, 7) is 2.40. The lowest BCUT2D eigenvalue weighted by atomic mass is 10.2. The highest BCUT2D eigenvalue weighted by Gasteiger charge is 2.16. The lowest BCUT2D eigenvalue weighted by molar-refractivity contribution is 0.0695. The van der Waals surface area contributed by atoms with Crippen molar-refractivity contribution in [1.29, 1.82) is 0 Å². The lowest BCUT2D eigenvalue weighted by Crippen LogP contribution is -2.14. The van der Waals surface area contributed by atoms with Gasteiger partial charge in [-0.25, -0.2) is 4.79 Å². The molecule has 18 heavy (non-hydrogen) atoms. The second-order valence-corrected chi connectivity index (χ2v) is 6.56. The molecule has 0 radical (unpaired) electrons. The molecule has 2 unspecified atom stereocenters. The molecule has 0 heterocycles. The Labute approximate surface area is 117 Å². The third kappa shape index (κ3) is 3.90. The molecule has 100 valence electrons. The molecule has 1 aromatic carbocycles. The third-order valence-corrected chi connectivity index (χ3v) is 4.87. The molecular formula is C12H15BrO4S. The van der Waals surface area contributed by atoms with Crippen LogP contribution >= 0.6 is 15.9 Å². The van der Waals surface area contributed by atoms with Gasteiger partial charge in [0.1, 0.15) is 0 Å². The largest absolute Gasteiger partial charge is 0.478 e. The Morgan fingerprint density at radius 2 is 2.22 bits per heavy atom. The summed E-state index contributed by atoms with van der Waals surface area (Å²) in [5.74, 6) is -1.04. The number of hydrogen-bond acceptors (Lipinski definition) is 3.